The molecule has 1 aliphatic carbocycles. The molecule has 0 amide bonds. The zero-order valence-corrected chi connectivity index (χ0v) is 16.8. The van der Waals surface area contributed by atoms with Crippen LogP contribution in [0.1, 0.15) is 32.6 Å². The molecular formula is C19H26N4OS2. The molecule has 0 radical (unpaired) electrons. The van der Waals surface area contributed by atoms with Gasteiger partial charge in [0.1, 0.15) is 0 Å². The van der Waals surface area contributed by atoms with E-state index in [2.05, 4.69) is 40.7 Å². The lowest BCUT2D eigenvalue weighted by Crippen LogP contribution is -2.43. The van der Waals surface area contributed by atoms with Gasteiger partial charge >= 0.3 is 0 Å². The van der Waals surface area contributed by atoms with Crippen molar-refractivity contribution >= 4 is 49.7 Å². The van der Waals surface area contributed by atoms with Crippen molar-refractivity contribution in [1.29, 1.82) is 0 Å². The first-order valence-electron chi connectivity index (χ1n) is 9.50. The maximum atomic E-state index is 5.54. The third-order valence-corrected chi connectivity index (χ3v) is 6.64. The van der Waals surface area contributed by atoms with E-state index in [4.69, 9.17) is 21.9 Å². The maximum Gasteiger partial charge on any atom is 0.186 e. The number of nitrogens with zero attached hydrogens (tertiary/aromatic N) is 2. The Morgan fingerprint density at radius 1 is 1.27 bits per heavy atom. The topological polar surface area (TPSA) is 49.4 Å². The Balaban J connectivity index is 1.42. The van der Waals surface area contributed by atoms with E-state index < -0.39 is 0 Å². The highest BCUT2D eigenvalue weighted by Crippen LogP contribution is 2.31. The molecule has 1 saturated carbocycles. The number of aromatic nitrogens is 1. The highest BCUT2D eigenvalue weighted by atomic mass is 32.1. The quantitative estimate of drug-likeness (QED) is 0.773. The van der Waals surface area contributed by atoms with Crippen LogP contribution in [0.2, 0.25) is 0 Å². The number of rotatable bonds is 3. The van der Waals surface area contributed by atoms with Crippen molar-refractivity contribution in [1.82, 2.24) is 10.3 Å². The molecule has 0 unspecified atom stereocenters. The minimum atomic E-state index is 0.490. The van der Waals surface area contributed by atoms with Crippen LogP contribution in [0.15, 0.2) is 18.2 Å². The highest BCUT2D eigenvalue weighted by Gasteiger charge is 2.21. The summed E-state index contributed by atoms with van der Waals surface area (Å²) in [6.45, 7) is 5.71. The van der Waals surface area contributed by atoms with Crippen molar-refractivity contribution in [2.45, 2.75) is 38.6 Å². The first kappa shape index (κ1) is 17.9. The molecule has 1 aliphatic heterocycles. The van der Waals surface area contributed by atoms with Crippen LogP contribution >= 0.6 is 23.6 Å². The number of benzene rings is 1. The molecule has 4 rings (SSSR count). The minimum absolute atomic E-state index is 0.490. The molecule has 2 aromatic rings. The van der Waals surface area contributed by atoms with E-state index in [1.807, 2.05) is 0 Å². The van der Waals surface area contributed by atoms with Crippen LogP contribution in [-0.4, -0.2) is 42.4 Å². The fourth-order valence-corrected chi connectivity index (χ4v) is 5.07. The number of anilines is 2. The molecule has 2 aliphatic rings. The summed E-state index contributed by atoms with van der Waals surface area (Å²) in [6.07, 6.45) is 5.13. The van der Waals surface area contributed by atoms with Crippen molar-refractivity contribution < 1.29 is 4.74 Å². The van der Waals surface area contributed by atoms with Gasteiger partial charge in [0.25, 0.3) is 0 Å². The fraction of sp³-hybridized carbons (Fsp3) is 0.579. The number of thiazole rings is 1. The highest BCUT2D eigenvalue weighted by molar-refractivity contribution is 7.80. The van der Waals surface area contributed by atoms with Crippen LogP contribution in [0.3, 0.4) is 0 Å². The van der Waals surface area contributed by atoms with Gasteiger partial charge in [-0.1, -0.05) is 31.1 Å². The van der Waals surface area contributed by atoms with Gasteiger partial charge in [0.2, 0.25) is 0 Å². The summed E-state index contributed by atoms with van der Waals surface area (Å²) in [6, 6.07) is 6.77. The summed E-state index contributed by atoms with van der Waals surface area (Å²) in [7, 11) is 0. The Bertz CT molecular complexity index is 772. The molecule has 0 spiro atoms. The van der Waals surface area contributed by atoms with Crippen molar-refractivity contribution in [2.75, 3.05) is 36.5 Å². The number of hydrogen-bond donors (Lipinski definition) is 2. The summed E-state index contributed by atoms with van der Waals surface area (Å²) in [5, 5.41) is 8.67. The van der Waals surface area contributed by atoms with Crippen LogP contribution < -0.4 is 15.5 Å². The van der Waals surface area contributed by atoms with E-state index in [9.17, 15) is 0 Å². The zero-order valence-electron chi connectivity index (χ0n) is 15.2. The number of ether oxygens (including phenoxy) is 1. The SMILES string of the molecule is C[C@@H]1CCCC[C@H]1NC(=S)Nc1ccc2nc(N3CCOCC3)sc2c1. The second-order valence-corrected chi connectivity index (χ2v) is 8.66. The Kier molecular flexibility index (Phi) is 5.57. The summed E-state index contributed by atoms with van der Waals surface area (Å²) in [4.78, 5) is 7.08. The summed E-state index contributed by atoms with van der Waals surface area (Å²) < 4.78 is 6.62. The molecule has 2 fully saturated rings. The normalized spacial score (nSPS) is 23.8. The molecule has 2 heterocycles. The molecule has 1 aromatic carbocycles. The Labute approximate surface area is 164 Å². The molecule has 7 heteroatoms. The third-order valence-electron chi connectivity index (χ3n) is 5.34. The first-order valence-corrected chi connectivity index (χ1v) is 10.7. The Morgan fingerprint density at radius 3 is 2.88 bits per heavy atom. The minimum Gasteiger partial charge on any atom is -0.378 e. The number of nitrogens with one attached hydrogen (secondary N) is 2. The predicted octanol–water partition coefficient (Wildman–Crippen LogP) is 4.00. The van der Waals surface area contributed by atoms with E-state index in [1.54, 1.807) is 11.3 Å². The van der Waals surface area contributed by atoms with Gasteiger partial charge in [-0.25, -0.2) is 4.98 Å². The van der Waals surface area contributed by atoms with E-state index in [1.165, 1.54) is 30.4 Å². The van der Waals surface area contributed by atoms with Gasteiger partial charge in [0, 0.05) is 24.8 Å². The molecule has 140 valence electrons. The van der Waals surface area contributed by atoms with Crippen LogP contribution in [0.4, 0.5) is 10.8 Å². The van der Waals surface area contributed by atoms with Gasteiger partial charge < -0.3 is 20.3 Å². The van der Waals surface area contributed by atoms with E-state index in [0.29, 0.717) is 12.0 Å². The van der Waals surface area contributed by atoms with Gasteiger partial charge in [-0.2, -0.15) is 0 Å². The first-order chi connectivity index (χ1) is 12.7. The lowest BCUT2D eigenvalue weighted by molar-refractivity contribution is 0.122. The molecule has 2 atom stereocenters. The predicted molar refractivity (Wildman–Crippen MR) is 113 cm³/mol. The molecule has 0 bridgehead atoms. The molecule has 1 aromatic heterocycles. The molecule has 5 nitrogen and oxygen atoms in total. The largest absolute Gasteiger partial charge is 0.378 e. The Morgan fingerprint density at radius 2 is 2.08 bits per heavy atom. The average molecular weight is 391 g/mol. The fourth-order valence-electron chi connectivity index (χ4n) is 3.75. The van der Waals surface area contributed by atoms with Crippen molar-refractivity contribution in [3.05, 3.63) is 18.2 Å². The van der Waals surface area contributed by atoms with Gasteiger partial charge in [-0.3, -0.25) is 0 Å². The van der Waals surface area contributed by atoms with Crippen LogP contribution in [-0.2, 0) is 4.74 Å². The van der Waals surface area contributed by atoms with Gasteiger partial charge in [-0.05, 0) is 49.2 Å². The second kappa shape index (κ2) is 8.06. The molecular weight excluding hydrogens is 364 g/mol. The average Bonchev–Trinajstić information content (AvgIpc) is 3.08. The summed E-state index contributed by atoms with van der Waals surface area (Å²) >= 11 is 7.28. The summed E-state index contributed by atoms with van der Waals surface area (Å²) in [5.74, 6) is 0.684. The number of thiocarbonyl (C=S) groups is 1. The van der Waals surface area contributed by atoms with Gasteiger partial charge in [-0.15, -0.1) is 0 Å². The zero-order chi connectivity index (χ0) is 17.9. The maximum absolute atomic E-state index is 5.54. The van der Waals surface area contributed by atoms with Crippen molar-refractivity contribution in [3.8, 4) is 0 Å². The van der Waals surface area contributed by atoms with Crippen molar-refractivity contribution in [2.24, 2.45) is 5.92 Å². The van der Waals surface area contributed by atoms with Crippen molar-refractivity contribution in [3.63, 3.8) is 0 Å². The van der Waals surface area contributed by atoms with E-state index >= 15 is 0 Å². The van der Waals surface area contributed by atoms with E-state index in [-0.39, 0.29) is 0 Å². The molecule has 26 heavy (non-hydrogen) atoms. The third kappa shape index (κ3) is 4.10. The van der Waals surface area contributed by atoms with Crippen LogP contribution in [0, 0.1) is 5.92 Å². The molecule has 2 N–H and O–H groups in total. The standard InChI is InChI=1S/C19H26N4OS2/c1-13-4-2-3-5-15(13)21-18(25)20-14-6-7-16-17(12-14)26-19(22-16)23-8-10-24-11-9-23/h6-7,12-13,15H,2-5,8-11H2,1H3,(H2,20,21,25)/t13-,15-/m1/s1. The summed E-state index contributed by atoms with van der Waals surface area (Å²) in [5.41, 5.74) is 2.07. The number of fused-ring (bicyclic) bond motifs is 1. The van der Waals surface area contributed by atoms with Gasteiger partial charge in [0.15, 0.2) is 10.2 Å². The van der Waals surface area contributed by atoms with Gasteiger partial charge in [0.05, 0.1) is 23.4 Å². The number of morpholine rings is 1. The van der Waals surface area contributed by atoms with Crippen LogP contribution in [0.25, 0.3) is 10.2 Å². The van der Waals surface area contributed by atoms with Crippen LogP contribution in [0.5, 0.6) is 0 Å². The number of hydrogen-bond acceptors (Lipinski definition) is 5. The lowest BCUT2D eigenvalue weighted by Gasteiger charge is -2.30. The lowest BCUT2D eigenvalue weighted by atomic mass is 9.86. The monoisotopic (exact) mass is 390 g/mol. The second-order valence-electron chi connectivity index (χ2n) is 7.25. The smallest absolute Gasteiger partial charge is 0.186 e. The molecule has 1 saturated heterocycles. The van der Waals surface area contributed by atoms with E-state index in [0.717, 1.165) is 47.8 Å². The Hall–Kier alpha value is -1.44.